The van der Waals surface area contributed by atoms with Gasteiger partial charge in [0.2, 0.25) is 0 Å². The van der Waals surface area contributed by atoms with Gasteiger partial charge in [-0.2, -0.15) is 5.10 Å². The molecule has 0 radical (unpaired) electrons. The first-order valence-corrected chi connectivity index (χ1v) is 6.24. The van der Waals surface area contributed by atoms with Gasteiger partial charge >= 0.3 is 0 Å². The van der Waals surface area contributed by atoms with Gasteiger partial charge in [-0.3, -0.25) is 9.89 Å². The number of thioether (sulfide) groups is 1. The number of nitrogens with one attached hydrogen (secondary N) is 1. The molecule has 7 heteroatoms. The zero-order valence-electron chi connectivity index (χ0n) is 9.73. The van der Waals surface area contributed by atoms with Gasteiger partial charge in [0.15, 0.2) is 10.8 Å². The van der Waals surface area contributed by atoms with Gasteiger partial charge in [-0.25, -0.2) is 9.97 Å². The van der Waals surface area contributed by atoms with Crippen LogP contribution >= 0.6 is 11.8 Å². The number of hydrogen-bond donors (Lipinski definition) is 2. The monoisotopic (exact) mass is 261 g/mol. The van der Waals surface area contributed by atoms with E-state index in [1.165, 1.54) is 18.1 Å². The van der Waals surface area contributed by atoms with E-state index in [9.17, 15) is 4.79 Å². The van der Waals surface area contributed by atoms with Gasteiger partial charge in [-0.15, -0.1) is 0 Å². The fourth-order valence-corrected chi connectivity index (χ4v) is 1.86. The Labute approximate surface area is 108 Å². The Bertz CT molecular complexity index is 640. The van der Waals surface area contributed by atoms with Gasteiger partial charge in [0.1, 0.15) is 17.8 Å². The van der Waals surface area contributed by atoms with Crippen molar-refractivity contribution in [2.75, 3.05) is 11.5 Å². The maximum Gasteiger partial charge on any atom is 0.187 e. The molecule has 0 bridgehead atoms. The zero-order chi connectivity index (χ0) is 13.0. The number of nitrogens with two attached hydrogens (primary N) is 1. The molecule has 0 fully saturated rings. The highest BCUT2D eigenvalue weighted by molar-refractivity contribution is 8.13. The van der Waals surface area contributed by atoms with Crippen molar-refractivity contribution >= 4 is 33.7 Å². The lowest BCUT2D eigenvalue weighted by Crippen LogP contribution is -1.92. The van der Waals surface area contributed by atoms with Crippen LogP contribution < -0.4 is 5.73 Å². The molecule has 0 aromatic carbocycles. The van der Waals surface area contributed by atoms with Crippen LogP contribution in [0, 0.1) is 11.8 Å². The Kier molecular flexibility index (Phi) is 3.79. The first kappa shape index (κ1) is 12.4. The summed E-state index contributed by atoms with van der Waals surface area (Å²) in [5.74, 6) is 6.93. The van der Waals surface area contributed by atoms with Crippen molar-refractivity contribution < 1.29 is 4.79 Å². The Hall–Kier alpha value is -2.07. The normalized spacial score (nSPS) is 10.1. The second kappa shape index (κ2) is 5.51. The second-order valence-electron chi connectivity index (χ2n) is 3.45. The summed E-state index contributed by atoms with van der Waals surface area (Å²) in [5, 5.41) is 7.50. The van der Waals surface area contributed by atoms with E-state index in [0.717, 1.165) is 0 Å². The van der Waals surface area contributed by atoms with Crippen LogP contribution in [0.1, 0.15) is 19.0 Å². The maximum absolute atomic E-state index is 10.7. The number of nitrogen functional groups attached to an aromatic ring is 1. The topological polar surface area (TPSA) is 97.5 Å². The molecule has 0 aliphatic rings. The standard InChI is InChI=1S/C11H11N5OS/c1-7(17)18-5-3-2-4-8-9-10(12)13-6-14-11(9)16-15-8/h6H,3,5H2,1H3,(H3,12,13,14,15,16). The van der Waals surface area contributed by atoms with Crippen molar-refractivity contribution in [1.29, 1.82) is 0 Å². The smallest absolute Gasteiger partial charge is 0.187 e. The van der Waals surface area contributed by atoms with E-state index >= 15 is 0 Å². The first-order valence-electron chi connectivity index (χ1n) is 5.25. The highest BCUT2D eigenvalue weighted by Crippen LogP contribution is 2.17. The predicted octanol–water partition coefficient (Wildman–Crippen LogP) is 0.956. The SMILES string of the molecule is CC(=O)SCCC#Cc1[nH]nc2ncnc(N)c12. The Morgan fingerprint density at radius 2 is 2.39 bits per heavy atom. The summed E-state index contributed by atoms with van der Waals surface area (Å²) in [5.41, 5.74) is 6.86. The van der Waals surface area contributed by atoms with Gasteiger partial charge in [0.05, 0.1) is 5.39 Å². The van der Waals surface area contributed by atoms with Crippen molar-refractivity contribution in [1.82, 2.24) is 20.2 Å². The van der Waals surface area contributed by atoms with Crippen molar-refractivity contribution in [3.8, 4) is 11.8 Å². The number of aromatic nitrogens is 4. The van der Waals surface area contributed by atoms with Crippen molar-refractivity contribution in [3.05, 3.63) is 12.0 Å². The number of fused-ring (bicyclic) bond motifs is 1. The van der Waals surface area contributed by atoms with E-state index in [-0.39, 0.29) is 5.12 Å². The summed E-state index contributed by atoms with van der Waals surface area (Å²) >= 11 is 1.26. The quantitative estimate of drug-likeness (QED) is 0.617. The molecule has 0 atom stereocenters. The molecule has 2 aromatic heterocycles. The summed E-state index contributed by atoms with van der Waals surface area (Å²) in [7, 11) is 0. The van der Waals surface area contributed by atoms with Crippen LogP contribution in [0.2, 0.25) is 0 Å². The number of rotatable bonds is 2. The van der Waals surface area contributed by atoms with Crippen LogP contribution in [0.25, 0.3) is 11.0 Å². The molecule has 2 heterocycles. The van der Waals surface area contributed by atoms with Crippen LogP contribution in [-0.4, -0.2) is 31.0 Å². The largest absolute Gasteiger partial charge is 0.383 e. The fraction of sp³-hybridized carbons (Fsp3) is 0.273. The highest BCUT2D eigenvalue weighted by atomic mass is 32.2. The van der Waals surface area contributed by atoms with Crippen LogP contribution in [-0.2, 0) is 4.79 Å². The minimum Gasteiger partial charge on any atom is -0.383 e. The van der Waals surface area contributed by atoms with Crippen LogP contribution in [0.4, 0.5) is 5.82 Å². The van der Waals surface area contributed by atoms with E-state index in [2.05, 4.69) is 32.0 Å². The third-order valence-corrected chi connectivity index (χ3v) is 2.94. The van der Waals surface area contributed by atoms with Crippen LogP contribution in [0.5, 0.6) is 0 Å². The molecule has 0 spiro atoms. The molecule has 92 valence electrons. The van der Waals surface area contributed by atoms with Gasteiger partial charge < -0.3 is 5.73 Å². The molecule has 3 N–H and O–H groups in total. The Morgan fingerprint density at radius 3 is 3.17 bits per heavy atom. The van der Waals surface area contributed by atoms with E-state index in [1.54, 1.807) is 6.92 Å². The molecule has 18 heavy (non-hydrogen) atoms. The minimum atomic E-state index is 0.0986. The Balaban J connectivity index is 2.13. The average Bonchev–Trinajstić information content (AvgIpc) is 2.73. The van der Waals surface area contributed by atoms with Gasteiger partial charge in [-0.05, 0) is 5.92 Å². The lowest BCUT2D eigenvalue weighted by Gasteiger charge is -1.92. The molecule has 0 amide bonds. The summed E-state index contributed by atoms with van der Waals surface area (Å²) in [6.07, 6.45) is 1.98. The zero-order valence-corrected chi connectivity index (χ0v) is 10.5. The van der Waals surface area contributed by atoms with Gasteiger partial charge in [0.25, 0.3) is 0 Å². The molecule has 0 saturated heterocycles. The van der Waals surface area contributed by atoms with Crippen molar-refractivity contribution in [3.63, 3.8) is 0 Å². The lowest BCUT2D eigenvalue weighted by atomic mass is 10.3. The van der Waals surface area contributed by atoms with Crippen LogP contribution in [0.15, 0.2) is 6.33 Å². The molecule has 2 rings (SSSR count). The van der Waals surface area contributed by atoms with E-state index in [1.807, 2.05) is 0 Å². The number of carbonyl (C=O) groups is 1. The first-order chi connectivity index (χ1) is 8.68. The summed E-state index contributed by atoms with van der Waals surface area (Å²) in [6.45, 7) is 1.54. The predicted molar refractivity (Wildman–Crippen MR) is 70.7 cm³/mol. The number of carbonyl (C=O) groups excluding carboxylic acids is 1. The van der Waals surface area contributed by atoms with Crippen molar-refractivity contribution in [2.24, 2.45) is 0 Å². The lowest BCUT2D eigenvalue weighted by molar-refractivity contribution is -0.109. The van der Waals surface area contributed by atoms with Gasteiger partial charge in [-0.1, -0.05) is 17.7 Å². The number of H-pyrrole nitrogens is 1. The summed E-state index contributed by atoms with van der Waals surface area (Å²) in [4.78, 5) is 18.6. The molecular weight excluding hydrogens is 250 g/mol. The summed E-state index contributed by atoms with van der Waals surface area (Å²) in [6, 6.07) is 0. The third kappa shape index (κ3) is 2.78. The molecule has 0 aliphatic carbocycles. The highest BCUT2D eigenvalue weighted by Gasteiger charge is 2.07. The number of aromatic amines is 1. The van der Waals surface area contributed by atoms with Crippen molar-refractivity contribution in [2.45, 2.75) is 13.3 Å². The van der Waals surface area contributed by atoms with E-state index in [0.29, 0.717) is 34.7 Å². The number of anilines is 1. The molecule has 0 saturated carbocycles. The van der Waals surface area contributed by atoms with E-state index < -0.39 is 0 Å². The molecule has 6 nitrogen and oxygen atoms in total. The average molecular weight is 261 g/mol. The second-order valence-corrected chi connectivity index (χ2v) is 4.72. The fourth-order valence-electron chi connectivity index (χ4n) is 1.37. The molecule has 2 aromatic rings. The molecule has 0 unspecified atom stereocenters. The van der Waals surface area contributed by atoms with Gasteiger partial charge in [0, 0.05) is 19.1 Å². The van der Waals surface area contributed by atoms with Crippen LogP contribution in [0.3, 0.4) is 0 Å². The number of nitrogens with zero attached hydrogens (tertiary/aromatic N) is 3. The minimum absolute atomic E-state index is 0.0986. The summed E-state index contributed by atoms with van der Waals surface area (Å²) < 4.78 is 0. The molecular formula is C11H11N5OS. The van der Waals surface area contributed by atoms with E-state index in [4.69, 9.17) is 5.73 Å². The Morgan fingerprint density at radius 1 is 1.56 bits per heavy atom. The molecule has 0 aliphatic heterocycles. The number of hydrogen-bond acceptors (Lipinski definition) is 6. The third-order valence-electron chi connectivity index (χ3n) is 2.13. The maximum atomic E-state index is 10.7.